The van der Waals surface area contributed by atoms with Crippen molar-refractivity contribution in [3.05, 3.63) is 76.8 Å². The van der Waals surface area contributed by atoms with Gasteiger partial charge in [-0.2, -0.15) is 5.10 Å². The lowest BCUT2D eigenvalue weighted by atomic mass is 10.0. The predicted octanol–water partition coefficient (Wildman–Crippen LogP) is 3.89. The maximum Gasteiger partial charge on any atom is 0.244 e. The third-order valence-corrected chi connectivity index (χ3v) is 3.85. The van der Waals surface area contributed by atoms with Crippen LogP contribution in [0.5, 0.6) is 5.75 Å². The molecule has 3 aromatic rings. The molecule has 0 heterocycles. The second-order valence-electron chi connectivity index (χ2n) is 5.31. The Kier molecular flexibility index (Phi) is 4.77. The molecule has 0 spiro atoms. The zero-order chi connectivity index (χ0) is 16.9. The molecule has 120 valence electrons. The highest BCUT2D eigenvalue weighted by Crippen LogP contribution is 2.20. The summed E-state index contributed by atoms with van der Waals surface area (Å²) >= 11 is 5.86. The summed E-state index contributed by atoms with van der Waals surface area (Å²) in [7, 11) is 0. The van der Waals surface area contributed by atoms with Crippen LogP contribution in [0.4, 0.5) is 0 Å². The van der Waals surface area contributed by atoms with Crippen molar-refractivity contribution in [1.29, 1.82) is 0 Å². The summed E-state index contributed by atoms with van der Waals surface area (Å²) in [4.78, 5) is 12.1. The Hall–Kier alpha value is -2.85. The number of fused-ring (bicyclic) bond motifs is 1. The van der Waals surface area contributed by atoms with Gasteiger partial charge in [-0.15, -0.1) is 0 Å². The first kappa shape index (κ1) is 16.0. The summed E-state index contributed by atoms with van der Waals surface area (Å²) in [5.41, 5.74) is 3.84. The number of rotatable bonds is 4. The van der Waals surface area contributed by atoms with Gasteiger partial charge >= 0.3 is 0 Å². The van der Waals surface area contributed by atoms with Crippen molar-refractivity contribution in [2.24, 2.45) is 5.10 Å². The fourth-order valence-electron chi connectivity index (χ4n) is 2.46. The molecule has 0 radical (unpaired) electrons. The smallest absolute Gasteiger partial charge is 0.244 e. The van der Waals surface area contributed by atoms with Gasteiger partial charge in [0.25, 0.3) is 0 Å². The molecule has 5 heteroatoms. The Labute approximate surface area is 144 Å². The second kappa shape index (κ2) is 7.15. The van der Waals surface area contributed by atoms with E-state index < -0.39 is 0 Å². The van der Waals surface area contributed by atoms with E-state index >= 15 is 0 Å². The minimum atomic E-state index is -0.232. The van der Waals surface area contributed by atoms with E-state index in [0.29, 0.717) is 10.6 Å². The average Bonchev–Trinajstić information content (AvgIpc) is 2.58. The maximum absolute atomic E-state index is 12.1. The van der Waals surface area contributed by atoms with Crippen molar-refractivity contribution in [3.8, 4) is 5.75 Å². The maximum atomic E-state index is 12.1. The van der Waals surface area contributed by atoms with E-state index in [4.69, 9.17) is 11.6 Å². The van der Waals surface area contributed by atoms with Gasteiger partial charge < -0.3 is 5.11 Å². The van der Waals surface area contributed by atoms with Gasteiger partial charge in [-0.1, -0.05) is 54.1 Å². The van der Waals surface area contributed by atoms with E-state index in [0.717, 1.165) is 16.3 Å². The van der Waals surface area contributed by atoms with E-state index in [-0.39, 0.29) is 18.1 Å². The molecular weight excluding hydrogens is 324 g/mol. The molecular formula is C19H15ClN2O2. The lowest BCUT2D eigenvalue weighted by Crippen LogP contribution is -2.19. The number of amides is 1. The summed E-state index contributed by atoms with van der Waals surface area (Å²) in [6.07, 6.45) is 1.59. The summed E-state index contributed by atoms with van der Waals surface area (Å²) in [6.45, 7) is 0. The molecule has 0 atom stereocenters. The standard InChI is InChI=1S/C19H15ClN2O2/c20-16-8-9-18(23)15(10-16)12-21-22-19(24)11-14-6-3-5-13-4-1-2-7-17(13)14/h1-10,12,23H,11H2,(H,22,24). The number of nitrogens with zero attached hydrogens (tertiary/aromatic N) is 1. The van der Waals surface area contributed by atoms with Gasteiger partial charge in [0.2, 0.25) is 5.91 Å². The number of hydrogen-bond donors (Lipinski definition) is 2. The monoisotopic (exact) mass is 338 g/mol. The first-order chi connectivity index (χ1) is 11.6. The molecule has 0 saturated heterocycles. The van der Waals surface area contributed by atoms with Crippen molar-refractivity contribution in [2.75, 3.05) is 0 Å². The third kappa shape index (κ3) is 3.73. The van der Waals surface area contributed by atoms with Crippen LogP contribution in [0, 0.1) is 0 Å². The lowest BCUT2D eigenvalue weighted by Gasteiger charge is -2.05. The van der Waals surface area contributed by atoms with Crippen molar-refractivity contribution < 1.29 is 9.90 Å². The van der Waals surface area contributed by atoms with E-state index in [1.807, 2.05) is 42.5 Å². The molecule has 0 unspecified atom stereocenters. The average molecular weight is 339 g/mol. The Balaban J connectivity index is 1.69. The number of carbonyl (C=O) groups is 1. The highest BCUT2D eigenvalue weighted by Gasteiger charge is 2.06. The van der Waals surface area contributed by atoms with Gasteiger partial charge in [0.15, 0.2) is 0 Å². The molecule has 0 aliphatic rings. The lowest BCUT2D eigenvalue weighted by molar-refractivity contribution is -0.120. The predicted molar refractivity (Wildman–Crippen MR) is 96.5 cm³/mol. The largest absolute Gasteiger partial charge is 0.507 e. The van der Waals surface area contributed by atoms with Gasteiger partial charge in [0.1, 0.15) is 5.75 Å². The van der Waals surface area contributed by atoms with Crippen LogP contribution < -0.4 is 5.43 Å². The number of benzene rings is 3. The topological polar surface area (TPSA) is 61.7 Å². The summed E-state index contributed by atoms with van der Waals surface area (Å²) in [6, 6.07) is 18.4. The molecule has 0 bridgehead atoms. The third-order valence-electron chi connectivity index (χ3n) is 3.61. The van der Waals surface area contributed by atoms with Gasteiger partial charge in [0.05, 0.1) is 12.6 Å². The number of phenolic OH excluding ortho intramolecular Hbond substituents is 1. The van der Waals surface area contributed by atoms with Crippen LogP contribution in [0.15, 0.2) is 65.8 Å². The van der Waals surface area contributed by atoms with Gasteiger partial charge in [-0.05, 0) is 34.5 Å². The Morgan fingerprint density at radius 1 is 1.12 bits per heavy atom. The number of aromatic hydroxyl groups is 1. The molecule has 0 saturated carbocycles. The van der Waals surface area contributed by atoms with Crippen LogP contribution in [0.2, 0.25) is 5.02 Å². The Bertz CT molecular complexity index is 917. The number of nitrogens with one attached hydrogen (secondary N) is 1. The molecule has 3 aromatic carbocycles. The number of phenols is 1. The zero-order valence-corrected chi connectivity index (χ0v) is 13.5. The highest BCUT2D eigenvalue weighted by atomic mass is 35.5. The van der Waals surface area contributed by atoms with Crippen LogP contribution in [0.1, 0.15) is 11.1 Å². The van der Waals surface area contributed by atoms with Crippen molar-refractivity contribution in [3.63, 3.8) is 0 Å². The molecule has 0 fully saturated rings. The Morgan fingerprint density at radius 3 is 2.79 bits per heavy atom. The molecule has 3 rings (SSSR count). The summed E-state index contributed by atoms with van der Waals surface area (Å²) in [5.74, 6) is -0.185. The minimum absolute atomic E-state index is 0.0476. The number of carbonyl (C=O) groups excluding carboxylic acids is 1. The van der Waals surface area contributed by atoms with E-state index in [9.17, 15) is 9.90 Å². The van der Waals surface area contributed by atoms with Crippen molar-refractivity contribution >= 4 is 34.5 Å². The molecule has 24 heavy (non-hydrogen) atoms. The summed E-state index contributed by atoms with van der Waals surface area (Å²) in [5, 5.41) is 16.2. The van der Waals surface area contributed by atoms with Crippen molar-refractivity contribution in [2.45, 2.75) is 6.42 Å². The van der Waals surface area contributed by atoms with E-state index in [1.165, 1.54) is 12.3 Å². The van der Waals surface area contributed by atoms with Crippen LogP contribution in [-0.4, -0.2) is 17.2 Å². The first-order valence-corrected chi connectivity index (χ1v) is 7.78. The Morgan fingerprint density at radius 2 is 1.92 bits per heavy atom. The zero-order valence-electron chi connectivity index (χ0n) is 12.7. The van der Waals surface area contributed by atoms with Crippen LogP contribution in [0.25, 0.3) is 10.8 Å². The summed E-state index contributed by atoms with van der Waals surface area (Å²) < 4.78 is 0. The number of hydrazone groups is 1. The normalized spacial score (nSPS) is 11.0. The second-order valence-corrected chi connectivity index (χ2v) is 5.75. The van der Waals surface area contributed by atoms with E-state index in [1.54, 1.807) is 12.1 Å². The van der Waals surface area contributed by atoms with Gasteiger partial charge in [0, 0.05) is 10.6 Å². The molecule has 0 aromatic heterocycles. The van der Waals surface area contributed by atoms with Crippen LogP contribution >= 0.6 is 11.6 Å². The van der Waals surface area contributed by atoms with Crippen LogP contribution in [0.3, 0.4) is 0 Å². The van der Waals surface area contributed by atoms with Crippen molar-refractivity contribution in [1.82, 2.24) is 5.43 Å². The number of halogens is 1. The SMILES string of the molecule is O=C(Cc1cccc2ccccc12)NN=Cc1cc(Cl)ccc1O. The minimum Gasteiger partial charge on any atom is -0.507 e. The van der Waals surface area contributed by atoms with Gasteiger partial charge in [-0.3, -0.25) is 4.79 Å². The fraction of sp³-hybridized carbons (Fsp3) is 0.0526. The molecule has 0 aliphatic carbocycles. The molecule has 4 nitrogen and oxygen atoms in total. The quantitative estimate of drug-likeness (QED) is 0.560. The molecule has 2 N–H and O–H groups in total. The van der Waals surface area contributed by atoms with Gasteiger partial charge in [-0.25, -0.2) is 5.43 Å². The number of hydrogen-bond acceptors (Lipinski definition) is 3. The first-order valence-electron chi connectivity index (χ1n) is 7.40. The molecule has 1 amide bonds. The molecule has 0 aliphatic heterocycles. The fourth-order valence-corrected chi connectivity index (χ4v) is 2.64. The van der Waals surface area contributed by atoms with E-state index in [2.05, 4.69) is 10.5 Å². The van der Waals surface area contributed by atoms with Crippen LogP contribution in [-0.2, 0) is 11.2 Å². The highest BCUT2D eigenvalue weighted by molar-refractivity contribution is 6.30.